The second-order valence-corrected chi connectivity index (χ2v) is 4.55. The molecule has 1 N–H and O–H groups in total. The zero-order valence-corrected chi connectivity index (χ0v) is 10.3. The molecule has 0 spiro atoms. The van der Waals surface area contributed by atoms with Crippen LogP contribution >= 0.6 is 11.3 Å². The third-order valence-corrected chi connectivity index (χ3v) is 2.86. The van der Waals surface area contributed by atoms with Crippen molar-refractivity contribution in [2.45, 2.75) is 13.5 Å². The van der Waals surface area contributed by atoms with Gasteiger partial charge < -0.3 is 10.1 Å². The summed E-state index contributed by atoms with van der Waals surface area (Å²) in [6, 6.07) is 4.70. The Bertz CT molecular complexity index is 515. The number of hydrogen-bond donors (Lipinski definition) is 1. The summed E-state index contributed by atoms with van der Waals surface area (Å²) in [6.07, 6.45) is 0. The van der Waals surface area contributed by atoms with Gasteiger partial charge in [-0.15, -0.1) is 5.10 Å². The van der Waals surface area contributed by atoms with Gasteiger partial charge in [-0.1, -0.05) is 22.5 Å². The predicted molar refractivity (Wildman–Crippen MR) is 63.9 cm³/mol. The van der Waals surface area contributed by atoms with Crippen LogP contribution in [0.15, 0.2) is 18.2 Å². The van der Waals surface area contributed by atoms with Crippen LogP contribution in [0.3, 0.4) is 0 Å². The molecule has 2 aromatic rings. The highest BCUT2D eigenvalue weighted by Crippen LogP contribution is 2.27. The lowest BCUT2D eigenvalue weighted by atomic mass is 10.2. The van der Waals surface area contributed by atoms with Crippen LogP contribution in [0.1, 0.15) is 10.6 Å². The van der Waals surface area contributed by atoms with E-state index in [2.05, 4.69) is 15.5 Å². The van der Waals surface area contributed by atoms with Crippen LogP contribution < -0.4 is 10.1 Å². The first-order valence-corrected chi connectivity index (χ1v) is 5.91. The van der Waals surface area contributed by atoms with Gasteiger partial charge in [0.05, 0.1) is 0 Å². The SMILES string of the molecule is CNCc1nnc(Oc2cc(C)ccc2F)s1. The highest BCUT2D eigenvalue weighted by atomic mass is 32.1. The van der Waals surface area contributed by atoms with Gasteiger partial charge in [-0.2, -0.15) is 0 Å². The average molecular weight is 253 g/mol. The van der Waals surface area contributed by atoms with Gasteiger partial charge in [-0.3, -0.25) is 0 Å². The Morgan fingerprint density at radius 3 is 3.00 bits per heavy atom. The van der Waals surface area contributed by atoms with Crippen molar-refractivity contribution >= 4 is 11.3 Å². The zero-order valence-electron chi connectivity index (χ0n) is 9.53. The van der Waals surface area contributed by atoms with Crippen molar-refractivity contribution in [3.8, 4) is 10.9 Å². The van der Waals surface area contributed by atoms with E-state index in [-0.39, 0.29) is 5.75 Å². The minimum atomic E-state index is -0.402. The zero-order chi connectivity index (χ0) is 12.3. The fourth-order valence-electron chi connectivity index (χ4n) is 1.28. The quantitative estimate of drug-likeness (QED) is 0.909. The smallest absolute Gasteiger partial charge is 0.299 e. The van der Waals surface area contributed by atoms with E-state index in [1.54, 1.807) is 12.1 Å². The summed E-state index contributed by atoms with van der Waals surface area (Å²) in [5.41, 5.74) is 0.932. The fourth-order valence-corrected chi connectivity index (χ4v) is 2.00. The topological polar surface area (TPSA) is 47.0 Å². The largest absolute Gasteiger partial charge is 0.427 e. The lowest BCUT2D eigenvalue weighted by Gasteiger charge is -2.03. The summed E-state index contributed by atoms with van der Waals surface area (Å²) in [6.45, 7) is 2.50. The maximum atomic E-state index is 13.4. The number of nitrogens with zero attached hydrogens (tertiary/aromatic N) is 2. The first-order valence-electron chi connectivity index (χ1n) is 5.10. The Labute approximate surface area is 102 Å². The predicted octanol–water partition coefficient (Wildman–Crippen LogP) is 2.50. The molecule has 1 aromatic carbocycles. The molecule has 2 rings (SSSR count). The van der Waals surface area contributed by atoms with Crippen LogP contribution in [-0.2, 0) is 6.54 Å². The van der Waals surface area contributed by atoms with Gasteiger partial charge in [0.15, 0.2) is 11.6 Å². The normalized spacial score (nSPS) is 10.5. The summed E-state index contributed by atoms with van der Waals surface area (Å²) in [5, 5.41) is 11.9. The van der Waals surface area contributed by atoms with Crippen LogP contribution in [0.2, 0.25) is 0 Å². The molecule has 0 aliphatic heterocycles. The Hall–Kier alpha value is -1.53. The lowest BCUT2D eigenvalue weighted by Crippen LogP contribution is -2.04. The Morgan fingerprint density at radius 1 is 1.41 bits per heavy atom. The van der Waals surface area contributed by atoms with E-state index in [9.17, 15) is 4.39 Å². The van der Waals surface area contributed by atoms with Crippen LogP contribution in [-0.4, -0.2) is 17.2 Å². The molecule has 0 unspecified atom stereocenters. The lowest BCUT2D eigenvalue weighted by molar-refractivity contribution is 0.435. The number of benzene rings is 1. The number of hydrogen-bond acceptors (Lipinski definition) is 5. The molecule has 1 heterocycles. The second-order valence-electron chi connectivity index (χ2n) is 3.53. The van der Waals surface area contributed by atoms with Gasteiger partial charge in [0.1, 0.15) is 5.01 Å². The van der Waals surface area contributed by atoms with Gasteiger partial charge in [-0.25, -0.2) is 4.39 Å². The van der Waals surface area contributed by atoms with E-state index in [1.165, 1.54) is 17.4 Å². The van der Waals surface area contributed by atoms with E-state index >= 15 is 0 Å². The van der Waals surface area contributed by atoms with E-state index in [1.807, 2.05) is 14.0 Å². The fraction of sp³-hybridized carbons (Fsp3) is 0.273. The van der Waals surface area contributed by atoms with E-state index in [0.29, 0.717) is 11.7 Å². The third-order valence-electron chi connectivity index (χ3n) is 2.06. The summed E-state index contributed by atoms with van der Waals surface area (Å²) in [4.78, 5) is 0. The maximum Gasteiger partial charge on any atom is 0.299 e. The van der Waals surface area contributed by atoms with Crippen LogP contribution in [0.25, 0.3) is 0 Å². The van der Waals surface area contributed by atoms with E-state index < -0.39 is 5.82 Å². The molecule has 0 radical (unpaired) electrons. The molecule has 0 saturated heterocycles. The average Bonchev–Trinajstić information content (AvgIpc) is 2.72. The highest BCUT2D eigenvalue weighted by Gasteiger charge is 2.09. The highest BCUT2D eigenvalue weighted by molar-refractivity contribution is 7.13. The molecular formula is C11H12FN3OS. The molecule has 6 heteroatoms. The Kier molecular flexibility index (Phi) is 3.65. The molecule has 1 aromatic heterocycles. The molecule has 17 heavy (non-hydrogen) atoms. The van der Waals surface area contributed by atoms with Crippen LogP contribution in [0.5, 0.6) is 10.9 Å². The van der Waals surface area contributed by atoms with E-state index in [0.717, 1.165) is 10.6 Å². The number of halogens is 1. The molecule has 0 aliphatic carbocycles. The first kappa shape index (κ1) is 11.9. The minimum Gasteiger partial charge on any atom is -0.427 e. The number of nitrogens with one attached hydrogen (secondary N) is 1. The van der Waals surface area contributed by atoms with Crippen molar-refractivity contribution in [3.63, 3.8) is 0 Å². The molecule has 0 aliphatic rings. The van der Waals surface area contributed by atoms with Crippen molar-refractivity contribution in [3.05, 3.63) is 34.6 Å². The van der Waals surface area contributed by atoms with Gasteiger partial charge in [-0.05, 0) is 31.7 Å². The number of rotatable bonds is 4. The summed E-state index contributed by atoms with van der Waals surface area (Å²) in [5.74, 6) is -0.224. The molecule has 0 amide bonds. The molecule has 90 valence electrons. The van der Waals surface area contributed by atoms with Crippen molar-refractivity contribution in [2.75, 3.05) is 7.05 Å². The number of ether oxygens (including phenoxy) is 1. The summed E-state index contributed by atoms with van der Waals surface area (Å²) >= 11 is 1.29. The molecule has 0 fully saturated rings. The summed E-state index contributed by atoms with van der Waals surface area (Å²) < 4.78 is 18.8. The van der Waals surface area contributed by atoms with Gasteiger partial charge in [0.2, 0.25) is 0 Å². The van der Waals surface area contributed by atoms with Crippen LogP contribution in [0, 0.1) is 12.7 Å². The Morgan fingerprint density at radius 2 is 2.24 bits per heavy atom. The molecule has 0 atom stereocenters. The Balaban J connectivity index is 2.16. The molecule has 0 bridgehead atoms. The van der Waals surface area contributed by atoms with Crippen molar-refractivity contribution in [2.24, 2.45) is 0 Å². The van der Waals surface area contributed by atoms with Crippen molar-refractivity contribution in [1.29, 1.82) is 0 Å². The van der Waals surface area contributed by atoms with E-state index in [4.69, 9.17) is 4.74 Å². The first-order chi connectivity index (χ1) is 8.19. The van der Waals surface area contributed by atoms with Crippen molar-refractivity contribution < 1.29 is 9.13 Å². The number of aryl methyl sites for hydroxylation is 1. The van der Waals surface area contributed by atoms with Crippen LogP contribution in [0.4, 0.5) is 4.39 Å². The molecular weight excluding hydrogens is 241 g/mol. The number of aromatic nitrogens is 2. The molecule has 4 nitrogen and oxygen atoms in total. The van der Waals surface area contributed by atoms with Gasteiger partial charge in [0, 0.05) is 6.54 Å². The van der Waals surface area contributed by atoms with Gasteiger partial charge in [0.25, 0.3) is 5.19 Å². The molecule has 0 saturated carbocycles. The monoisotopic (exact) mass is 253 g/mol. The van der Waals surface area contributed by atoms with Gasteiger partial charge >= 0.3 is 0 Å². The second kappa shape index (κ2) is 5.20. The maximum absolute atomic E-state index is 13.4. The van der Waals surface area contributed by atoms with Crippen molar-refractivity contribution in [1.82, 2.24) is 15.5 Å². The summed E-state index contributed by atoms with van der Waals surface area (Å²) in [7, 11) is 1.82. The third kappa shape index (κ3) is 2.98. The standard InChI is InChI=1S/C11H12FN3OS/c1-7-3-4-8(12)9(5-7)16-11-15-14-10(17-11)6-13-2/h3-5,13H,6H2,1-2H3. The minimum absolute atomic E-state index is 0.178.